The Labute approximate surface area is 129 Å². The molecule has 2 N–H and O–H groups in total. The van der Waals surface area contributed by atoms with Crippen LogP contribution < -0.4 is 14.8 Å². The third kappa shape index (κ3) is 2.75. The normalized spacial score (nSPS) is 22.0. The number of benzene rings is 1. The number of ether oxygens (including phenoxy) is 2. The van der Waals surface area contributed by atoms with Crippen molar-refractivity contribution in [3.8, 4) is 11.5 Å². The number of carboxylic acid groups (broad SMARTS) is 1. The molecular formula is C13H11N3O5S. The molecule has 0 spiro atoms. The van der Waals surface area contributed by atoms with Crippen molar-refractivity contribution < 1.29 is 24.2 Å². The highest BCUT2D eigenvalue weighted by Gasteiger charge is 2.36. The third-order valence-corrected chi connectivity index (χ3v) is 4.06. The Morgan fingerprint density at radius 1 is 1.41 bits per heavy atom. The number of amidine groups is 1. The van der Waals surface area contributed by atoms with Gasteiger partial charge in [-0.2, -0.15) is 5.10 Å². The highest BCUT2D eigenvalue weighted by Crippen LogP contribution is 2.32. The van der Waals surface area contributed by atoms with Crippen molar-refractivity contribution in [3.63, 3.8) is 0 Å². The average Bonchev–Trinajstić information content (AvgIpc) is 3.09. The lowest BCUT2D eigenvalue weighted by atomic mass is 10.1. The summed E-state index contributed by atoms with van der Waals surface area (Å²) in [4.78, 5) is 22.2. The van der Waals surface area contributed by atoms with E-state index >= 15 is 0 Å². The SMILES string of the molecule is C/C(=N\N=C1\NC(=O)[C@@H](C(=O)O)S1)c1ccc2c(c1)OCO2. The van der Waals surface area contributed by atoms with E-state index < -0.39 is 17.1 Å². The van der Waals surface area contributed by atoms with E-state index in [4.69, 9.17) is 14.6 Å². The van der Waals surface area contributed by atoms with Gasteiger partial charge < -0.3 is 19.9 Å². The first-order chi connectivity index (χ1) is 10.5. The van der Waals surface area contributed by atoms with Gasteiger partial charge in [0, 0.05) is 5.56 Å². The topological polar surface area (TPSA) is 110 Å². The summed E-state index contributed by atoms with van der Waals surface area (Å²) in [6.45, 7) is 1.94. The van der Waals surface area contributed by atoms with Crippen LogP contribution in [0.2, 0.25) is 0 Å². The number of carboxylic acids is 1. The van der Waals surface area contributed by atoms with E-state index in [9.17, 15) is 9.59 Å². The molecule has 1 atom stereocenters. The third-order valence-electron chi connectivity index (χ3n) is 3.00. The van der Waals surface area contributed by atoms with Crippen LogP contribution in [0.3, 0.4) is 0 Å². The Bertz CT molecular complexity index is 716. The summed E-state index contributed by atoms with van der Waals surface area (Å²) in [5.74, 6) is -0.503. The summed E-state index contributed by atoms with van der Waals surface area (Å²) in [6.07, 6.45) is 0. The van der Waals surface area contributed by atoms with Crippen LogP contribution in [-0.2, 0) is 9.59 Å². The highest BCUT2D eigenvalue weighted by molar-refractivity contribution is 8.16. The first-order valence-electron chi connectivity index (χ1n) is 6.27. The van der Waals surface area contributed by atoms with Gasteiger partial charge >= 0.3 is 5.97 Å². The van der Waals surface area contributed by atoms with Gasteiger partial charge in [-0.25, -0.2) is 0 Å². The molecule has 0 bridgehead atoms. The summed E-state index contributed by atoms with van der Waals surface area (Å²) in [6, 6.07) is 5.37. The molecule has 1 aromatic rings. The van der Waals surface area contributed by atoms with Gasteiger partial charge in [0.25, 0.3) is 5.91 Å². The molecule has 2 aliphatic heterocycles. The van der Waals surface area contributed by atoms with Gasteiger partial charge in [0.15, 0.2) is 21.9 Å². The van der Waals surface area contributed by atoms with Crippen LogP contribution in [0.5, 0.6) is 11.5 Å². The van der Waals surface area contributed by atoms with Crippen LogP contribution in [0, 0.1) is 0 Å². The predicted octanol–water partition coefficient (Wildman–Crippen LogP) is 0.811. The van der Waals surface area contributed by atoms with Crippen LogP contribution in [0.25, 0.3) is 0 Å². The summed E-state index contributed by atoms with van der Waals surface area (Å²) in [5, 5.41) is 18.1. The van der Waals surface area contributed by atoms with Crippen LogP contribution in [0.15, 0.2) is 28.4 Å². The maximum Gasteiger partial charge on any atom is 0.326 e. The standard InChI is InChI=1S/C13H11N3O5S/c1-6(7-2-3-8-9(4-7)21-5-20-8)15-16-13-14-11(17)10(22-13)12(18)19/h2-4,10H,5H2,1H3,(H,18,19)(H,14,16,17)/b15-6+/t10-/m0/s1. The summed E-state index contributed by atoms with van der Waals surface area (Å²) in [5.41, 5.74) is 1.39. The molecule has 1 amide bonds. The number of amides is 1. The summed E-state index contributed by atoms with van der Waals surface area (Å²) in [7, 11) is 0. The number of carbonyl (C=O) groups is 2. The lowest BCUT2D eigenvalue weighted by molar-refractivity contribution is -0.139. The van der Waals surface area contributed by atoms with E-state index in [0.717, 1.165) is 17.3 Å². The molecule has 22 heavy (non-hydrogen) atoms. The zero-order valence-electron chi connectivity index (χ0n) is 11.4. The average molecular weight is 321 g/mol. The number of fused-ring (bicyclic) bond motifs is 1. The van der Waals surface area contributed by atoms with Crippen molar-refractivity contribution in [2.75, 3.05) is 6.79 Å². The smallest absolute Gasteiger partial charge is 0.326 e. The Hall–Kier alpha value is -2.55. The Balaban J connectivity index is 1.77. The molecule has 114 valence electrons. The lowest BCUT2D eigenvalue weighted by Gasteiger charge is -2.01. The van der Waals surface area contributed by atoms with Gasteiger partial charge in [0.2, 0.25) is 6.79 Å². The molecule has 3 rings (SSSR count). The largest absolute Gasteiger partial charge is 0.480 e. The van der Waals surface area contributed by atoms with Crippen LogP contribution in [-0.4, -0.2) is 39.9 Å². The van der Waals surface area contributed by atoms with E-state index in [0.29, 0.717) is 17.2 Å². The Morgan fingerprint density at radius 2 is 2.18 bits per heavy atom. The van der Waals surface area contributed by atoms with Gasteiger partial charge in [-0.15, -0.1) is 5.10 Å². The molecule has 1 fully saturated rings. The summed E-state index contributed by atoms with van der Waals surface area (Å²) >= 11 is 0.822. The maximum absolute atomic E-state index is 11.4. The zero-order valence-corrected chi connectivity index (χ0v) is 12.2. The molecule has 2 heterocycles. The molecule has 1 aromatic carbocycles. The minimum atomic E-state index is -1.20. The van der Waals surface area contributed by atoms with Crippen molar-refractivity contribution in [1.29, 1.82) is 0 Å². The molecule has 0 aliphatic carbocycles. The highest BCUT2D eigenvalue weighted by atomic mass is 32.2. The molecule has 1 saturated heterocycles. The molecule has 0 unspecified atom stereocenters. The molecule has 2 aliphatic rings. The van der Waals surface area contributed by atoms with Crippen molar-refractivity contribution in [1.82, 2.24) is 5.32 Å². The van der Waals surface area contributed by atoms with Crippen LogP contribution >= 0.6 is 11.8 Å². The lowest BCUT2D eigenvalue weighted by Crippen LogP contribution is -2.29. The van der Waals surface area contributed by atoms with Gasteiger partial charge in [-0.3, -0.25) is 9.59 Å². The van der Waals surface area contributed by atoms with E-state index in [2.05, 4.69) is 15.5 Å². The molecule has 0 radical (unpaired) electrons. The van der Waals surface area contributed by atoms with E-state index in [1.807, 2.05) is 6.07 Å². The fourth-order valence-electron chi connectivity index (χ4n) is 1.88. The second-order valence-corrected chi connectivity index (χ2v) is 5.58. The quantitative estimate of drug-likeness (QED) is 0.484. The number of rotatable bonds is 3. The monoisotopic (exact) mass is 321 g/mol. The molecule has 8 nitrogen and oxygen atoms in total. The minimum absolute atomic E-state index is 0.164. The fourth-order valence-corrected chi connectivity index (χ4v) is 2.61. The van der Waals surface area contributed by atoms with E-state index in [1.165, 1.54) is 0 Å². The second kappa shape index (κ2) is 5.68. The van der Waals surface area contributed by atoms with E-state index in [1.54, 1.807) is 19.1 Å². The number of thioether (sulfide) groups is 1. The van der Waals surface area contributed by atoms with Crippen molar-refractivity contribution in [2.24, 2.45) is 10.2 Å². The number of nitrogens with zero attached hydrogens (tertiary/aromatic N) is 2. The first-order valence-corrected chi connectivity index (χ1v) is 7.15. The molecule has 9 heteroatoms. The molecular weight excluding hydrogens is 310 g/mol. The second-order valence-electron chi connectivity index (χ2n) is 4.48. The van der Waals surface area contributed by atoms with Gasteiger partial charge in [-0.1, -0.05) is 11.8 Å². The summed E-state index contributed by atoms with van der Waals surface area (Å²) < 4.78 is 10.5. The predicted molar refractivity (Wildman–Crippen MR) is 79.4 cm³/mol. The maximum atomic E-state index is 11.4. The first kappa shape index (κ1) is 14.4. The zero-order chi connectivity index (χ0) is 15.7. The number of hydrogen-bond acceptors (Lipinski definition) is 7. The fraction of sp³-hybridized carbons (Fsp3) is 0.231. The number of nitrogens with one attached hydrogen (secondary N) is 1. The molecule has 0 aromatic heterocycles. The minimum Gasteiger partial charge on any atom is -0.480 e. The molecule has 0 saturated carbocycles. The number of hydrogen-bond donors (Lipinski definition) is 2. The van der Waals surface area contributed by atoms with Crippen molar-refractivity contribution in [2.45, 2.75) is 12.2 Å². The van der Waals surface area contributed by atoms with Gasteiger partial charge in [0.1, 0.15) is 0 Å². The van der Waals surface area contributed by atoms with Gasteiger partial charge in [-0.05, 0) is 25.1 Å². The van der Waals surface area contributed by atoms with Crippen molar-refractivity contribution >= 4 is 34.5 Å². The van der Waals surface area contributed by atoms with Crippen LogP contribution in [0.1, 0.15) is 12.5 Å². The van der Waals surface area contributed by atoms with Crippen molar-refractivity contribution in [3.05, 3.63) is 23.8 Å². The van der Waals surface area contributed by atoms with Gasteiger partial charge in [0.05, 0.1) is 5.71 Å². The number of carbonyl (C=O) groups excluding carboxylic acids is 1. The Morgan fingerprint density at radius 3 is 2.91 bits per heavy atom. The Kier molecular flexibility index (Phi) is 3.72. The van der Waals surface area contributed by atoms with Crippen LogP contribution in [0.4, 0.5) is 0 Å². The number of aliphatic carboxylic acids is 1. The van der Waals surface area contributed by atoms with E-state index in [-0.39, 0.29) is 12.0 Å².